The number of nitrogens with zero attached hydrogens (tertiary/aromatic N) is 1. The molecule has 1 heterocycles. The van der Waals surface area contributed by atoms with Crippen molar-refractivity contribution in [1.29, 1.82) is 0 Å². The molecule has 0 aliphatic heterocycles. The average Bonchev–Trinajstić information content (AvgIpc) is 3.32. The van der Waals surface area contributed by atoms with Crippen molar-refractivity contribution in [2.75, 3.05) is 6.61 Å². The van der Waals surface area contributed by atoms with E-state index in [0.29, 0.717) is 37.0 Å². The van der Waals surface area contributed by atoms with Gasteiger partial charge in [0.05, 0.1) is 37.6 Å². The Bertz CT molecular complexity index is 1090. The topological polar surface area (TPSA) is 70.8 Å². The summed E-state index contributed by atoms with van der Waals surface area (Å²) in [7, 11) is 0. The van der Waals surface area contributed by atoms with Gasteiger partial charge in [0.2, 0.25) is 5.89 Å². The summed E-state index contributed by atoms with van der Waals surface area (Å²) >= 11 is 0. The number of oxazole rings is 1. The lowest BCUT2D eigenvalue weighted by atomic mass is 9.94. The fourth-order valence-corrected chi connectivity index (χ4v) is 4.11. The smallest absolute Gasteiger partial charge is 0.338 e. The second-order valence-corrected chi connectivity index (χ2v) is 8.55. The summed E-state index contributed by atoms with van der Waals surface area (Å²) in [6.45, 7) is 4.84. The van der Waals surface area contributed by atoms with Gasteiger partial charge in [-0.1, -0.05) is 12.1 Å². The van der Waals surface area contributed by atoms with Gasteiger partial charge in [-0.2, -0.15) is 0 Å². The monoisotopic (exact) mass is 467 g/mol. The van der Waals surface area contributed by atoms with E-state index >= 15 is 0 Å². The fraction of sp³-hybridized carbons (Fsp3) is 0.407. The van der Waals surface area contributed by atoms with Crippen molar-refractivity contribution in [1.82, 2.24) is 4.98 Å². The van der Waals surface area contributed by atoms with E-state index in [1.54, 1.807) is 25.3 Å². The zero-order chi connectivity index (χ0) is 23.9. The predicted molar refractivity (Wildman–Crippen MR) is 125 cm³/mol. The van der Waals surface area contributed by atoms with Crippen molar-refractivity contribution >= 4 is 5.97 Å². The Kier molecular flexibility index (Phi) is 8.08. The van der Waals surface area contributed by atoms with Crippen molar-refractivity contribution in [2.45, 2.75) is 65.0 Å². The van der Waals surface area contributed by atoms with E-state index in [4.69, 9.17) is 18.6 Å². The molecule has 2 atom stereocenters. The summed E-state index contributed by atoms with van der Waals surface area (Å²) in [5.74, 6) is -0.151. The first kappa shape index (κ1) is 24.1. The molecule has 0 saturated heterocycles. The number of esters is 1. The van der Waals surface area contributed by atoms with Gasteiger partial charge in [-0.3, -0.25) is 0 Å². The Morgan fingerprint density at radius 3 is 2.56 bits per heavy atom. The molecule has 1 saturated carbocycles. The van der Waals surface area contributed by atoms with Crippen LogP contribution in [0.15, 0.2) is 53.1 Å². The van der Waals surface area contributed by atoms with Gasteiger partial charge < -0.3 is 18.6 Å². The summed E-state index contributed by atoms with van der Waals surface area (Å²) in [4.78, 5) is 16.6. The third kappa shape index (κ3) is 6.30. The largest absolute Gasteiger partial charge is 0.462 e. The summed E-state index contributed by atoms with van der Waals surface area (Å²) in [6, 6.07) is 11.8. The van der Waals surface area contributed by atoms with Crippen LogP contribution >= 0.6 is 0 Å². The first-order valence-electron chi connectivity index (χ1n) is 11.7. The third-order valence-electron chi connectivity index (χ3n) is 5.97. The second kappa shape index (κ2) is 11.4. The number of carbonyl (C=O) groups excluding carboxylic acids is 1. The molecule has 1 fully saturated rings. The number of halogens is 1. The van der Waals surface area contributed by atoms with Crippen LogP contribution in [0.1, 0.15) is 59.8 Å². The summed E-state index contributed by atoms with van der Waals surface area (Å²) < 4.78 is 36.0. The molecule has 2 aromatic carbocycles. The zero-order valence-corrected chi connectivity index (χ0v) is 19.6. The molecular formula is C27H30FNO5. The van der Waals surface area contributed by atoms with Crippen LogP contribution in [0.5, 0.6) is 0 Å². The summed E-state index contributed by atoms with van der Waals surface area (Å²) in [5.41, 5.74) is 3.85. The van der Waals surface area contributed by atoms with Gasteiger partial charge in [-0.15, -0.1) is 0 Å². The molecule has 34 heavy (non-hydrogen) atoms. The van der Waals surface area contributed by atoms with Crippen molar-refractivity contribution in [3.05, 3.63) is 76.9 Å². The highest BCUT2D eigenvalue weighted by Gasteiger charge is 2.24. The van der Waals surface area contributed by atoms with Gasteiger partial charge in [0.15, 0.2) is 0 Å². The molecular weight excluding hydrogens is 437 g/mol. The highest BCUT2D eigenvalue weighted by Crippen LogP contribution is 2.26. The van der Waals surface area contributed by atoms with Gasteiger partial charge in [-0.25, -0.2) is 14.2 Å². The van der Waals surface area contributed by atoms with Crippen molar-refractivity contribution in [2.24, 2.45) is 0 Å². The maximum atomic E-state index is 13.1. The Labute approximate surface area is 199 Å². The lowest BCUT2D eigenvalue weighted by molar-refractivity contribution is -0.0561. The molecule has 4 rings (SSSR count). The van der Waals surface area contributed by atoms with Crippen molar-refractivity contribution in [3.63, 3.8) is 0 Å². The molecule has 0 unspecified atom stereocenters. The third-order valence-corrected chi connectivity index (χ3v) is 5.97. The molecule has 0 radical (unpaired) electrons. The van der Waals surface area contributed by atoms with E-state index in [9.17, 15) is 9.18 Å². The number of hydrogen-bond acceptors (Lipinski definition) is 6. The average molecular weight is 468 g/mol. The summed E-state index contributed by atoms with van der Waals surface area (Å²) in [5, 5.41) is 0. The molecule has 7 heteroatoms. The molecule has 1 aliphatic carbocycles. The lowest BCUT2D eigenvalue weighted by Crippen LogP contribution is -2.28. The zero-order valence-electron chi connectivity index (χ0n) is 19.6. The molecule has 1 aromatic heterocycles. The van der Waals surface area contributed by atoms with E-state index in [2.05, 4.69) is 4.98 Å². The molecule has 1 aliphatic rings. The van der Waals surface area contributed by atoms with Crippen LogP contribution in [0.2, 0.25) is 0 Å². The molecule has 0 bridgehead atoms. The Balaban J connectivity index is 1.27. The fourth-order valence-electron chi connectivity index (χ4n) is 4.11. The maximum Gasteiger partial charge on any atom is 0.338 e. The number of aryl methyl sites for hydroxylation is 1. The SMILES string of the molecule is CCOC(=O)c1cc(CO[C@H]2CCC[C@@H](OCc3coc(-c4ccc(F)cc4)n3)C2)ccc1C. The molecule has 6 nitrogen and oxygen atoms in total. The van der Waals surface area contributed by atoms with Gasteiger partial charge >= 0.3 is 5.97 Å². The molecule has 0 N–H and O–H groups in total. The van der Waals surface area contributed by atoms with Crippen LogP contribution in [0.25, 0.3) is 11.5 Å². The lowest BCUT2D eigenvalue weighted by Gasteiger charge is -2.29. The van der Waals surface area contributed by atoms with Crippen LogP contribution < -0.4 is 0 Å². The van der Waals surface area contributed by atoms with Crippen LogP contribution in [-0.2, 0) is 27.4 Å². The maximum absolute atomic E-state index is 13.1. The van der Waals surface area contributed by atoms with Gasteiger partial charge in [0.25, 0.3) is 0 Å². The number of aromatic nitrogens is 1. The summed E-state index contributed by atoms with van der Waals surface area (Å²) in [6.07, 6.45) is 5.54. The molecule has 0 amide bonds. The number of hydrogen-bond donors (Lipinski definition) is 0. The first-order valence-corrected chi connectivity index (χ1v) is 11.7. The normalized spacial score (nSPS) is 18.1. The van der Waals surface area contributed by atoms with Crippen LogP contribution in [0.3, 0.4) is 0 Å². The number of ether oxygens (including phenoxy) is 3. The van der Waals surface area contributed by atoms with E-state index in [1.807, 2.05) is 25.1 Å². The minimum Gasteiger partial charge on any atom is -0.462 e. The Morgan fingerprint density at radius 2 is 1.82 bits per heavy atom. The van der Waals surface area contributed by atoms with Gasteiger partial charge in [0.1, 0.15) is 17.8 Å². The Morgan fingerprint density at radius 1 is 1.09 bits per heavy atom. The number of benzene rings is 2. The van der Waals surface area contributed by atoms with Crippen LogP contribution in [0, 0.1) is 12.7 Å². The van der Waals surface area contributed by atoms with Crippen LogP contribution in [0.4, 0.5) is 4.39 Å². The Hall–Kier alpha value is -3.03. The molecule has 180 valence electrons. The standard InChI is InChI=1S/C27H30FNO5/c1-3-31-27(30)25-13-19(8-7-18(25)2)15-32-23-5-4-6-24(14-23)33-16-22-17-34-26(29-22)20-9-11-21(28)12-10-20/h7-13,17,23-24H,3-6,14-16H2,1-2H3/t23-,24+/m0/s1. The second-order valence-electron chi connectivity index (χ2n) is 8.55. The van der Waals surface area contributed by atoms with E-state index in [0.717, 1.165) is 42.4 Å². The highest BCUT2D eigenvalue weighted by molar-refractivity contribution is 5.91. The predicted octanol–water partition coefficient (Wildman–Crippen LogP) is 6.01. The van der Waals surface area contributed by atoms with Crippen molar-refractivity contribution < 1.29 is 27.8 Å². The quantitative estimate of drug-likeness (QED) is 0.359. The first-order chi connectivity index (χ1) is 16.5. The number of carbonyl (C=O) groups is 1. The van der Waals surface area contributed by atoms with E-state index < -0.39 is 0 Å². The van der Waals surface area contributed by atoms with Gasteiger partial charge in [-0.05, 0) is 81.0 Å². The van der Waals surface area contributed by atoms with Crippen LogP contribution in [-0.4, -0.2) is 29.8 Å². The molecule has 0 spiro atoms. The van der Waals surface area contributed by atoms with E-state index in [-0.39, 0.29) is 24.0 Å². The van der Waals surface area contributed by atoms with Gasteiger partial charge in [0, 0.05) is 5.56 Å². The minimum absolute atomic E-state index is 0.0813. The van der Waals surface area contributed by atoms with E-state index in [1.165, 1.54) is 12.1 Å². The van der Waals surface area contributed by atoms with Crippen molar-refractivity contribution in [3.8, 4) is 11.5 Å². The number of rotatable bonds is 9. The minimum atomic E-state index is -0.302. The molecule has 3 aromatic rings. The highest BCUT2D eigenvalue weighted by atomic mass is 19.1.